The summed E-state index contributed by atoms with van der Waals surface area (Å²) in [5.41, 5.74) is 3.07. The third kappa shape index (κ3) is 13.5. The molecule has 0 unspecified atom stereocenters. The summed E-state index contributed by atoms with van der Waals surface area (Å²) in [5, 5.41) is 0. The van der Waals surface area contributed by atoms with Gasteiger partial charge in [0.05, 0.1) is 5.69 Å². The predicted octanol–water partition coefficient (Wildman–Crippen LogP) is 10.4. The van der Waals surface area contributed by atoms with Gasteiger partial charge in [-0.2, -0.15) is 0 Å². The van der Waals surface area contributed by atoms with Crippen molar-refractivity contribution in [2.24, 2.45) is 4.99 Å². The zero-order chi connectivity index (χ0) is 27.4. The van der Waals surface area contributed by atoms with E-state index in [-0.39, 0.29) is 5.97 Å². The van der Waals surface area contributed by atoms with Gasteiger partial charge in [0.15, 0.2) is 0 Å². The van der Waals surface area contributed by atoms with Crippen molar-refractivity contribution in [1.82, 2.24) is 0 Å². The summed E-state index contributed by atoms with van der Waals surface area (Å²) in [4.78, 5) is 16.8. The van der Waals surface area contributed by atoms with E-state index in [1.54, 1.807) is 0 Å². The van der Waals surface area contributed by atoms with Crippen LogP contribution in [0.15, 0.2) is 53.5 Å². The van der Waals surface area contributed by atoms with Gasteiger partial charge in [0.1, 0.15) is 5.75 Å². The molecule has 0 amide bonds. The van der Waals surface area contributed by atoms with Gasteiger partial charge in [0, 0.05) is 18.6 Å². The summed E-state index contributed by atoms with van der Waals surface area (Å²) in [6.45, 7) is 2.28. The average molecular weight is 527 g/mol. The number of esters is 1. The minimum Gasteiger partial charge on any atom is -0.427 e. The van der Waals surface area contributed by atoms with Crippen molar-refractivity contribution < 1.29 is 9.53 Å². The first-order valence-corrected chi connectivity index (χ1v) is 15.4. The lowest BCUT2D eigenvalue weighted by atomic mass is 9.98. The van der Waals surface area contributed by atoms with Gasteiger partial charge in [0.25, 0.3) is 0 Å². The summed E-state index contributed by atoms with van der Waals surface area (Å²) in [6, 6.07) is 15.7. The average Bonchev–Trinajstić information content (AvgIpc) is 3.50. The number of hydrogen-bond acceptors (Lipinski definition) is 3. The highest BCUT2D eigenvalue weighted by molar-refractivity contribution is 5.82. The molecule has 3 nitrogen and oxygen atoms in total. The highest BCUT2D eigenvalue weighted by Gasteiger charge is 2.18. The van der Waals surface area contributed by atoms with Gasteiger partial charge in [-0.3, -0.25) is 9.79 Å². The summed E-state index contributed by atoms with van der Waals surface area (Å²) >= 11 is 0. The third-order valence-corrected chi connectivity index (χ3v) is 7.32. The van der Waals surface area contributed by atoms with Crippen LogP contribution in [-0.2, 0) is 4.79 Å². The zero-order valence-electron chi connectivity index (χ0n) is 24.1. The normalized spacial score (nSPS) is 13.9. The van der Waals surface area contributed by atoms with E-state index in [0.717, 1.165) is 24.1 Å². The van der Waals surface area contributed by atoms with Crippen LogP contribution in [0.4, 0.5) is 5.69 Å². The van der Waals surface area contributed by atoms with Crippen LogP contribution in [0, 0.1) is 31.6 Å². The molecule has 1 aliphatic carbocycles. The van der Waals surface area contributed by atoms with E-state index >= 15 is 0 Å². The molecule has 0 atom stereocenters. The van der Waals surface area contributed by atoms with Crippen LogP contribution in [0.25, 0.3) is 0 Å². The Morgan fingerprint density at radius 3 is 1.72 bits per heavy atom. The molecule has 3 rings (SSSR count). The number of ether oxygens (including phenoxy) is 1. The van der Waals surface area contributed by atoms with Crippen LogP contribution < -0.4 is 4.74 Å². The Bertz CT molecular complexity index is 926. The molecule has 0 spiro atoms. The van der Waals surface area contributed by atoms with Crippen molar-refractivity contribution in [2.75, 3.05) is 0 Å². The van der Waals surface area contributed by atoms with E-state index < -0.39 is 0 Å². The largest absolute Gasteiger partial charge is 0.427 e. The Labute approximate surface area is 238 Å². The third-order valence-electron chi connectivity index (χ3n) is 7.32. The van der Waals surface area contributed by atoms with E-state index in [1.165, 1.54) is 95.0 Å². The standard InChI is InChI=1S/C36H48NO2/c1-2-3-4-5-6-7-8-9-10-11-12-13-14-15-16-21-36(38)39-35-28-22-31(23-29-35)30-37-34-26-24-33(25-27-34)32-19-17-18-20-32/h17-20,22-30H,2-16,21H2,1H3. The summed E-state index contributed by atoms with van der Waals surface area (Å²) in [6.07, 6.45) is 30.5. The highest BCUT2D eigenvalue weighted by Crippen LogP contribution is 2.31. The van der Waals surface area contributed by atoms with E-state index in [9.17, 15) is 4.79 Å². The van der Waals surface area contributed by atoms with Crippen LogP contribution in [0.1, 0.15) is 121 Å². The molecule has 0 N–H and O–H groups in total. The lowest BCUT2D eigenvalue weighted by Gasteiger charge is -2.07. The zero-order valence-corrected chi connectivity index (χ0v) is 24.1. The number of rotatable bonds is 20. The first-order chi connectivity index (χ1) is 19.2. The molecule has 0 saturated heterocycles. The van der Waals surface area contributed by atoms with Gasteiger partial charge in [-0.05, 0) is 79.6 Å². The first kappa shape index (κ1) is 31.1. The topological polar surface area (TPSA) is 38.7 Å². The molecule has 1 fully saturated rings. The van der Waals surface area contributed by atoms with Crippen LogP contribution in [0.5, 0.6) is 5.75 Å². The molecule has 5 radical (unpaired) electrons. The number of unbranched alkanes of at least 4 members (excludes halogenated alkanes) is 14. The molecule has 2 aromatic carbocycles. The molecule has 1 aliphatic rings. The van der Waals surface area contributed by atoms with Crippen LogP contribution >= 0.6 is 0 Å². The van der Waals surface area contributed by atoms with Crippen molar-refractivity contribution in [1.29, 1.82) is 0 Å². The Morgan fingerprint density at radius 1 is 0.667 bits per heavy atom. The number of hydrogen-bond donors (Lipinski definition) is 0. The molecule has 0 aromatic heterocycles. The first-order valence-electron chi connectivity index (χ1n) is 15.4. The molecule has 3 heteroatoms. The van der Waals surface area contributed by atoms with Crippen molar-refractivity contribution in [3.8, 4) is 5.75 Å². The van der Waals surface area contributed by atoms with Crippen LogP contribution in [-0.4, -0.2) is 12.2 Å². The second-order valence-corrected chi connectivity index (χ2v) is 10.7. The Morgan fingerprint density at radius 2 is 1.18 bits per heavy atom. The van der Waals surface area contributed by atoms with E-state index in [1.807, 2.05) is 55.5 Å². The lowest BCUT2D eigenvalue weighted by Crippen LogP contribution is -2.07. The molecule has 39 heavy (non-hydrogen) atoms. The molecule has 1 saturated carbocycles. The number of aliphatic imine (C=N–C) groups is 1. The summed E-state index contributed by atoms with van der Waals surface area (Å²) in [7, 11) is 0. The molecule has 209 valence electrons. The van der Waals surface area contributed by atoms with Crippen molar-refractivity contribution in [3.05, 3.63) is 91.3 Å². The van der Waals surface area contributed by atoms with Crippen LogP contribution in [0.2, 0.25) is 0 Å². The molecular weight excluding hydrogens is 478 g/mol. The van der Waals surface area contributed by atoms with Gasteiger partial charge in [-0.15, -0.1) is 0 Å². The monoisotopic (exact) mass is 526 g/mol. The van der Waals surface area contributed by atoms with Crippen molar-refractivity contribution in [2.45, 2.75) is 110 Å². The molecule has 0 aliphatic heterocycles. The minimum atomic E-state index is -0.143. The number of benzene rings is 2. The maximum Gasteiger partial charge on any atom is 0.311 e. The second-order valence-electron chi connectivity index (χ2n) is 10.7. The molecule has 2 aromatic rings. The van der Waals surface area contributed by atoms with Gasteiger partial charge in [-0.1, -0.05) is 109 Å². The Kier molecular flexibility index (Phi) is 15.6. The summed E-state index contributed by atoms with van der Waals surface area (Å²) < 4.78 is 5.52. The minimum absolute atomic E-state index is 0.143. The fraction of sp³-hybridized carbons (Fsp3) is 0.472. The molecular formula is C36H48NO2. The lowest BCUT2D eigenvalue weighted by molar-refractivity contribution is -0.134. The predicted molar refractivity (Wildman–Crippen MR) is 165 cm³/mol. The smallest absolute Gasteiger partial charge is 0.311 e. The van der Waals surface area contributed by atoms with E-state index in [0.29, 0.717) is 12.2 Å². The number of carbonyl (C=O) groups is 1. The fourth-order valence-electron chi connectivity index (χ4n) is 4.90. The summed E-state index contributed by atoms with van der Waals surface area (Å²) in [5.74, 6) is 1.67. The van der Waals surface area contributed by atoms with Crippen LogP contribution in [0.3, 0.4) is 0 Å². The van der Waals surface area contributed by atoms with E-state index in [2.05, 4.69) is 36.9 Å². The number of nitrogens with zero attached hydrogens (tertiary/aromatic N) is 1. The van der Waals surface area contributed by atoms with E-state index in [4.69, 9.17) is 4.74 Å². The van der Waals surface area contributed by atoms with Gasteiger partial charge < -0.3 is 4.74 Å². The Balaban J connectivity index is 1.18. The quantitative estimate of drug-likeness (QED) is 0.0745. The molecule has 0 bridgehead atoms. The van der Waals surface area contributed by atoms with Crippen molar-refractivity contribution >= 4 is 17.9 Å². The van der Waals surface area contributed by atoms with Gasteiger partial charge in [-0.25, -0.2) is 0 Å². The van der Waals surface area contributed by atoms with Gasteiger partial charge in [0.2, 0.25) is 0 Å². The van der Waals surface area contributed by atoms with Gasteiger partial charge >= 0.3 is 5.97 Å². The Hall–Kier alpha value is -2.42. The molecule has 0 heterocycles. The maximum atomic E-state index is 12.2. The number of carbonyl (C=O) groups excluding carboxylic acids is 1. The second kappa shape index (κ2) is 19.6. The van der Waals surface area contributed by atoms with Crippen molar-refractivity contribution in [3.63, 3.8) is 0 Å². The fourth-order valence-corrected chi connectivity index (χ4v) is 4.90. The highest BCUT2D eigenvalue weighted by atomic mass is 16.5. The SMILES string of the molecule is CCCCCCCCCCCCCCCCCC(=O)Oc1ccc(C=Nc2ccc([C]3[CH][CH][CH][CH]3)cc2)cc1. The maximum absolute atomic E-state index is 12.2.